The van der Waals surface area contributed by atoms with E-state index in [0.29, 0.717) is 24.6 Å². The molecule has 2 saturated heterocycles. The highest BCUT2D eigenvalue weighted by Gasteiger charge is 2.27. The molecule has 9 heteroatoms. The van der Waals surface area contributed by atoms with Crippen LogP contribution in [0.15, 0.2) is 29.6 Å². The van der Waals surface area contributed by atoms with E-state index in [0.717, 1.165) is 56.8 Å². The number of anilines is 1. The van der Waals surface area contributed by atoms with Gasteiger partial charge in [-0.3, -0.25) is 9.69 Å². The van der Waals surface area contributed by atoms with E-state index in [1.165, 1.54) is 0 Å². The van der Waals surface area contributed by atoms with Gasteiger partial charge in [-0.05, 0) is 19.1 Å². The molecular formula is C22H30N4O4S. The first-order valence-electron chi connectivity index (χ1n) is 10.7. The third kappa shape index (κ3) is 5.47. The summed E-state index contributed by atoms with van der Waals surface area (Å²) in [4.78, 5) is 24.2. The lowest BCUT2D eigenvalue weighted by Crippen LogP contribution is -2.52. The molecule has 1 amide bonds. The fraction of sp³-hybridized carbons (Fsp3) is 0.545. The number of nitrogens with zero attached hydrogens (tertiary/aromatic N) is 4. The summed E-state index contributed by atoms with van der Waals surface area (Å²) in [5.74, 6) is 1.21. The second-order valence-electron chi connectivity index (χ2n) is 7.73. The third-order valence-electron chi connectivity index (χ3n) is 5.61. The van der Waals surface area contributed by atoms with E-state index >= 15 is 0 Å². The minimum absolute atomic E-state index is 0.00213. The number of amides is 1. The van der Waals surface area contributed by atoms with E-state index in [1.54, 1.807) is 25.4 Å². The van der Waals surface area contributed by atoms with Crippen molar-refractivity contribution in [1.29, 1.82) is 0 Å². The van der Waals surface area contributed by atoms with Crippen molar-refractivity contribution in [2.75, 3.05) is 64.5 Å². The van der Waals surface area contributed by atoms with E-state index in [2.05, 4.69) is 15.2 Å². The zero-order chi connectivity index (χ0) is 21.6. The second-order valence-corrected chi connectivity index (χ2v) is 8.57. The number of methoxy groups -OCH3 is 1. The zero-order valence-electron chi connectivity index (χ0n) is 18.2. The topological polar surface area (TPSA) is 67.4 Å². The monoisotopic (exact) mass is 446 g/mol. The van der Waals surface area contributed by atoms with Crippen molar-refractivity contribution in [1.82, 2.24) is 14.8 Å². The van der Waals surface area contributed by atoms with Crippen molar-refractivity contribution < 1.29 is 19.0 Å². The van der Waals surface area contributed by atoms with Crippen molar-refractivity contribution >= 4 is 22.4 Å². The van der Waals surface area contributed by atoms with E-state index in [1.807, 2.05) is 29.2 Å². The van der Waals surface area contributed by atoms with Gasteiger partial charge in [0.2, 0.25) is 0 Å². The number of thiazole rings is 1. The van der Waals surface area contributed by atoms with Crippen LogP contribution in [0.3, 0.4) is 0 Å². The lowest BCUT2D eigenvalue weighted by atomic mass is 10.2. The third-order valence-corrected chi connectivity index (χ3v) is 6.56. The largest absolute Gasteiger partial charge is 0.493 e. The highest BCUT2D eigenvalue weighted by Crippen LogP contribution is 2.27. The van der Waals surface area contributed by atoms with Gasteiger partial charge in [0.05, 0.1) is 26.0 Å². The van der Waals surface area contributed by atoms with E-state index in [-0.39, 0.29) is 5.91 Å². The van der Waals surface area contributed by atoms with Gasteiger partial charge in [-0.25, -0.2) is 4.98 Å². The van der Waals surface area contributed by atoms with Gasteiger partial charge in [0.15, 0.2) is 22.7 Å². The predicted molar refractivity (Wildman–Crippen MR) is 120 cm³/mol. The molecule has 3 heterocycles. The maximum Gasteiger partial charge on any atom is 0.263 e. The lowest BCUT2D eigenvalue weighted by Gasteiger charge is -2.35. The summed E-state index contributed by atoms with van der Waals surface area (Å²) in [7, 11) is 1.60. The fourth-order valence-electron chi connectivity index (χ4n) is 3.83. The van der Waals surface area contributed by atoms with Crippen LogP contribution in [0, 0.1) is 0 Å². The average molecular weight is 447 g/mol. The van der Waals surface area contributed by atoms with Gasteiger partial charge in [-0.2, -0.15) is 0 Å². The van der Waals surface area contributed by atoms with E-state index < -0.39 is 6.10 Å². The van der Waals surface area contributed by atoms with Gasteiger partial charge in [0, 0.05) is 51.2 Å². The van der Waals surface area contributed by atoms with E-state index in [4.69, 9.17) is 19.2 Å². The second kappa shape index (κ2) is 10.3. The van der Waals surface area contributed by atoms with Gasteiger partial charge in [0.25, 0.3) is 5.91 Å². The Bertz CT molecular complexity index is 863. The van der Waals surface area contributed by atoms with Crippen LogP contribution in [-0.2, 0) is 16.1 Å². The van der Waals surface area contributed by atoms with Gasteiger partial charge in [-0.1, -0.05) is 12.1 Å². The van der Waals surface area contributed by atoms with Gasteiger partial charge in [-0.15, -0.1) is 11.3 Å². The highest BCUT2D eigenvalue weighted by molar-refractivity contribution is 7.13. The zero-order valence-corrected chi connectivity index (χ0v) is 19.0. The molecule has 168 valence electrons. The summed E-state index contributed by atoms with van der Waals surface area (Å²) < 4.78 is 16.6. The standard InChI is InChI=1S/C22H30N4O4S/c1-17(30-20-6-4-3-5-19(20)28-2)21(27)25-7-9-26(10-8-25)22-23-18(16-31-22)15-24-11-13-29-14-12-24/h3-6,16-17H,7-15H2,1-2H3/t17-/m0/s1. The molecule has 1 aromatic carbocycles. The van der Waals surface area contributed by atoms with Crippen molar-refractivity contribution in [2.24, 2.45) is 0 Å². The SMILES string of the molecule is COc1ccccc1O[C@@H](C)C(=O)N1CCN(c2nc(CN3CCOCC3)cs2)CC1. The van der Waals surface area contributed by atoms with Crippen LogP contribution >= 0.6 is 11.3 Å². The predicted octanol–water partition coefficient (Wildman–Crippen LogP) is 2.10. The molecule has 0 N–H and O–H groups in total. The Morgan fingerprint density at radius 2 is 1.84 bits per heavy atom. The number of aromatic nitrogens is 1. The smallest absolute Gasteiger partial charge is 0.263 e. The summed E-state index contributed by atoms with van der Waals surface area (Å²) in [6.45, 7) is 9.06. The Balaban J connectivity index is 1.27. The minimum atomic E-state index is -0.567. The van der Waals surface area contributed by atoms with Crippen LogP contribution in [-0.4, -0.2) is 86.4 Å². The number of carbonyl (C=O) groups is 1. The first-order valence-corrected chi connectivity index (χ1v) is 11.6. The maximum absolute atomic E-state index is 12.9. The van der Waals surface area contributed by atoms with Crippen LogP contribution in [0.2, 0.25) is 0 Å². The number of hydrogen-bond donors (Lipinski definition) is 0. The summed E-state index contributed by atoms with van der Waals surface area (Å²) in [6.07, 6.45) is -0.567. The average Bonchev–Trinajstić information content (AvgIpc) is 3.28. The molecule has 1 aromatic heterocycles. The quantitative estimate of drug-likeness (QED) is 0.645. The number of morpholine rings is 1. The molecule has 0 radical (unpaired) electrons. The van der Waals surface area contributed by atoms with Crippen molar-refractivity contribution in [3.8, 4) is 11.5 Å². The number of rotatable bonds is 7. The Hall–Kier alpha value is -2.36. The van der Waals surface area contributed by atoms with Crippen molar-refractivity contribution in [3.05, 3.63) is 35.3 Å². The van der Waals surface area contributed by atoms with Crippen LogP contribution in [0.1, 0.15) is 12.6 Å². The van der Waals surface area contributed by atoms with Gasteiger partial charge < -0.3 is 24.0 Å². The number of benzene rings is 1. The number of carbonyl (C=O) groups excluding carboxylic acids is 1. The fourth-order valence-corrected chi connectivity index (χ4v) is 4.71. The Morgan fingerprint density at radius 1 is 1.13 bits per heavy atom. The van der Waals surface area contributed by atoms with Crippen LogP contribution in [0.25, 0.3) is 0 Å². The first-order chi connectivity index (χ1) is 15.1. The summed E-state index contributed by atoms with van der Waals surface area (Å²) in [5, 5.41) is 3.18. The molecule has 0 saturated carbocycles. The number of piperazine rings is 1. The van der Waals surface area contributed by atoms with Crippen LogP contribution in [0.4, 0.5) is 5.13 Å². The number of para-hydroxylation sites is 2. The molecule has 0 aliphatic carbocycles. The molecule has 2 fully saturated rings. The molecule has 8 nitrogen and oxygen atoms in total. The summed E-state index contributed by atoms with van der Waals surface area (Å²) in [6, 6.07) is 7.39. The van der Waals surface area contributed by atoms with E-state index in [9.17, 15) is 4.79 Å². The molecule has 2 aliphatic rings. The van der Waals surface area contributed by atoms with Gasteiger partial charge >= 0.3 is 0 Å². The molecular weight excluding hydrogens is 416 g/mol. The van der Waals surface area contributed by atoms with Crippen molar-refractivity contribution in [3.63, 3.8) is 0 Å². The normalized spacial score (nSPS) is 18.6. The molecule has 0 unspecified atom stereocenters. The first kappa shape index (κ1) is 21.9. The summed E-state index contributed by atoms with van der Waals surface area (Å²) in [5.41, 5.74) is 1.11. The Labute approximate surface area is 187 Å². The summed E-state index contributed by atoms with van der Waals surface area (Å²) >= 11 is 1.68. The molecule has 0 spiro atoms. The molecule has 0 bridgehead atoms. The molecule has 4 rings (SSSR count). The Kier molecular flexibility index (Phi) is 7.26. The number of ether oxygens (including phenoxy) is 3. The van der Waals surface area contributed by atoms with Gasteiger partial charge in [0.1, 0.15) is 0 Å². The van der Waals surface area contributed by atoms with Crippen LogP contribution in [0.5, 0.6) is 11.5 Å². The lowest BCUT2D eigenvalue weighted by molar-refractivity contribution is -0.138. The van der Waals surface area contributed by atoms with Crippen molar-refractivity contribution in [2.45, 2.75) is 19.6 Å². The Morgan fingerprint density at radius 3 is 2.55 bits per heavy atom. The molecule has 1 atom stereocenters. The highest BCUT2D eigenvalue weighted by atomic mass is 32.1. The molecule has 31 heavy (non-hydrogen) atoms. The molecule has 2 aliphatic heterocycles. The maximum atomic E-state index is 12.9. The molecule has 2 aromatic rings. The van der Waals surface area contributed by atoms with Crippen LogP contribution < -0.4 is 14.4 Å². The number of hydrogen-bond acceptors (Lipinski definition) is 8. The minimum Gasteiger partial charge on any atom is -0.493 e.